The number of anilines is 2. The molecule has 2 aromatic carbocycles. The van der Waals surface area contributed by atoms with Crippen LogP contribution in [0.25, 0.3) is 0 Å². The largest absolute Gasteiger partial charge is 0.496 e. The van der Waals surface area contributed by atoms with Crippen molar-refractivity contribution in [2.45, 2.75) is 26.3 Å². The van der Waals surface area contributed by atoms with Crippen molar-refractivity contribution in [2.75, 3.05) is 17.3 Å². The van der Waals surface area contributed by atoms with Crippen LogP contribution in [0.3, 0.4) is 0 Å². The van der Waals surface area contributed by atoms with E-state index in [9.17, 15) is 9.59 Å². The zero-order valence-corrected chi connectivity index (χ0v) is 14.0. The van der Waals surface area contributed by atoms with Crippen LogP contribution in [0.2, 0.25) is 0 Å². The van der Waals surface area contributed by atoms with Crippen molar-refractivity contribution in [3.8, 4) is 5.75 Å². The number of hydrogen-bond donors (Lipinski definition) is 1. The van der Waals surface area contributed by atoms with E-state index < -0.39 is 0 Å². The maximum atomic E-state index is 13.2. The molecular formula is C19H20N2O3. The van der Waals surface area contributed by atoms with Crippen molar-refractivity contribution in [2.24, 2.45) is 0 Å². The first kappa shape index (κ1) is 16.1. The van der Waals surface area contributed by atoms with E-state index in [1.807, 2.05) is 31.2 Å². The highest BCUT2D eigenvalue weighted by Crippen LogP contribution is 2.35. The summed E-state index contributed by atoms with van der Waals surface area (Å²) in [5, 5.41) is 2.71. The van der Waals surface area contributed by atoms with E-state index in [0.29, 0.717) is 17.0 Å². The van der Waals surface area contributed by atoms with Crippen molar-refractivity contribution in [3.63, 3.8) is 0 Å². The summed E-state index contributed by atoms with van der Waals surface area (Å²) in [6.45, 7) is 3.46. The minimum Gasteiger partial charge on any atom is -0.496 e. The lowest BCUT2D eigenvalue weighted by Gasteiger charge is -2.24. The van der Waals surface area contributed by atoms with E-state index in [2.05, 4.69) is 5.32 Å². The third-order valence-corrected chi connectivity index (χ3v) is 4.18. The van der Waals surface area contributed by atoms with Crippen molar-refractivity contribution < 1.29 is 14.3 Å². The van der Waals surface area contributed by atoms with Crippen LogP contribution >= 0.6 is 0 Å². The lowest BCUT2D eigenvalue weighted by molar-refractivity contribution is -0.114. The van der Waals surface area contributed by atoms with E-state index in [1.165, 1.54) is 14.0 Å². The van der Waals surface area contributed by atoms with E-state index in [-0.39, 0.29) is 17.9 Å². The van der Waals surface area contributed by atoms with Crippen molar-refractivity contribution in [1.29, 1.82) is 0 Å². The zero-order chi connectivity index (χ0) is 17.3. The van der Waals surface area contributed by atoms with Crippen LogP contribution in [0.4, 0.5) is 11.4 Å². The highest BCUT2D eigenvalue weighted by molar-refractivity contribution is 6.10. The number of carbonyl (C=O) groups is 2. The Bertz CT molecular complexity index is 801. The molecule has 3 rings (SSSR count). The second-order valence-corrected chi connectivity index (χ2v) is 5.95. The van der Waals surface area contributed by atoms with Gasteiger partial charge in [-0.2, -0.15) is 0 Å². The lowest BCUT2D eigenvalue weighted by atomic mass is 10.1. The topological polar surface area (TPSA) is 58.6 Å². The van der Waals surface area contributed by atoms with Crippen LogP contribution in [-0.4, -0.2) is 25.0 Å². The Morgan fingerprint density at radius 3 is 2.67 bits per heavy atom. The molecule has 1 N–H and O–H groups in total. The number of hydrogen-bond acceptors (Lipinski definition) is 3. The number of fused-ring (bicyclic) bond motifs is 1. The predicted molar refractivity (Wildman–Crippen MR) is 93.7 cm³/mol. The second kappa shape index (κ2) is 6.35. The molecule has 1 unspecified atom stereocenters. The number of nitrogens with one attached hydrogen (secondary N) is 1. The standard InChI is InChI=1S/C19H20N2O3/c1-12-10-14-6-4-5-7-17(14)21(12)19(23)16-11-15(20-13(2)22)8-9-18(16)24-3/h4-9,11-12H,10H2,1-3H3,(H,20,22). The molecule has 1 heterocycles. The molecule has 0 fully saturated rings. The smallest absolute Gasteiger partial charge is 0.262 e. The fourth-order valence-electron chi connectivity index (χ4n) is 3.16. The molecule has 24 heavy (non-hydrogen) atoms. The first-order valence-electron chi connectivity index (χ1n) is 7.88. The van der Waals surface area contributed by atoms with Gasteiger partial charge in [0.2, 0.25) is 5.91 Å². The fraction of sp³-hybridized carbons (Fsp3) is 0.263. The molecule has 5 heteroatoms. The molecule has 5 nitrogen and oxygen atoms in total. The van der Waals surface area contributed by atoms with Gasteiger partial charge in [0.25, 0.3) is 5.91 Å². The molecule has 0 aliphatic carbocycles. The van der Waals surface area contributed by atoms with E-state index in [4.69, 9.17) is 4.74 Å². The van der Waals surface area contributed by atoms with Crippen LogP contribution < -0.4 is 15.0 Å². The molecule has 0 radical (unpaired) electrons. The van der Waals surface area contributed by atoms with Gasteiger partial charge in [-0.05, 0) is 43.2 Å². The van der Waals surface area contributed by atoms with Crippen LogP contribution in [0.5, 0.6) is 5.75 Å². The number of nitrogens with zero attached hydrogens (tertiary/aromatic N) is 1. The maximum absolute atomic E-state index is 13.2. The third-order valence-electron chi connectivity index (χ3n) is 4.18. The minimum atomic E-state index is -0.182. The Hall–Kier alpha value is -2.82. The van der Waals surface area contributed by atoms with Crippen molar-refractivity contribution >= 4 is 23.2 Å². The zero-order valence-electron chi connectivity index (χ0n) is 14.0. The minimum absolute atomic E-state index is 0.0732. The first-order chi connectivity index (χ1) is 11.5. The Balaban J connectivity index is 2.02. The molecule has 1 atom stereocenters. The number of ether oxygens (including phenoxy) is 1. The SMILES string of the molecule is COc1ccc(NC(C)=O)cc1C(=O)N1c2ccccc2CC1C. The van der Waals surface area contributed by atoms with Crippen LogP contribution in [0, 0.1) is 0 Å². The highest BCUT2D eigenvalue weighted by Gasteiger charge is 2.32. The molecular weight excluding hydrogens is 304 g/mol. The molecule has 0 saturated heterocycles. The average molecular weight is 324 g/mol. The predicted octanol–water partition coefficient (Wildman–Crippen LogP) is 3.25. The Morgan fingerprint density at radius 2 is 1.96 bits per heavy atom. The van der Waals surface area contributed by atoms with E-state index in [0.717, 1.165) is 17.7 Å². The molecule has 0 bridgehead atoms. The molecule has 2 amide bonds. The number of carbonyl (C=O) groups excluding carboxylic acids is 2. The van der Waals surface area contributed by atoms with E-state index >= 15 is 0 Å². The van der Waals surface area contributed by atoms with Crippen molar-refractivity contribution in [3.05, 3.63) is 53.6 Å². The van der Waals surface area contributed by atoms with Crippen LogP contribution in [0.15, 0.2) is 42.5 Å². The van der Waals surface area contributed by atoms with Crippen molar-refractivity contribution in [1.82, 2.24) is 0 Å². The van der Waals surface area contributed by atoms with Gasteiger partial charge in [0.15, 0.2) is 0 Å². The molecule has 1 aliphatic heterocycles. The van der Waals surface area contributed by atoms with Gasteiger partial charge in [-0.1, -0.05) is 18.2 Å². The monoisotopic (exact) mass is 324 g/mol. The van der Waals surface area contributed by atoms with Crippen LogP contribution in [0.1, 0.15) is 29.8 Å². The molecule has 2 aromatic rings. The van der Waals surface area contributed by atoms with E-state index in [1.54, 1.807) is 23.1 Å². The summed E-state index contributed by atoms with van der Waals surface area (Å²) in [5.74, 6) is 0.181. The Morgan fingerprint density at radius 1 is 1.21 bits per heavy atom. The quantitative estimate of drug-likeness (QED) is 0.943. The van der Waals surface area contributed by atoms with Crippen LogP contribution in [-0.2, 0) is 11.2 Å². The molecule has 124 valence electrons. The summed E-state index contributed by atoms with van der Waals surface area (Å²) in [6.07, 6.45) is 0.829. The lowest BCUT2D eigenvalue weighted by Crippen LogP contribution is -2.36. The molecule has 1 aliphatic rings. The van der Waals surface area contributed by atoms with Gasteiger partial charge in [-0.15, -0.1) is 0 Å². The molecule has 0 saturated carbocycles. The van der Waals surface area contributed by atoms with Gasteiger partial charge in [-0.25, -0.2) is 0 Å². The van der Waals surface area contributed by atoms with Gasteiger partial charge in [-0.3, -0.25) is 9.59 Å². The second-order valence-electron chi connectivity index (χ2n) is 5.95. The normalized spacial score (nSPS) is 15.8. The number of rotatable bonds is 3. The molecule has 0 spiro atoms. The summed E-state index contributed by atoms with van der Waals surface area (Å²) in [4.78, 5) is 26.3. The average Bonchev–Trinajstić information content (AvgIpc) is 2.89. The highest BCUT2D eigenvalue weighted by atomic mass is 16.5. The summed E-state index contributed by atoms with van der Waals surface area (Å²) in [7, 11) is 1.53. The summed E-state index contributed by atoms with van der Waals surface area (Å²) in [5.41, 5.74) is 3.11. The van der Waals surface area contributed by atoms with Gasteiger partial charge < -0.3 is 15.0 Å². The fourth-order valence-corrected chi connectivity index (χ4v) is 3.16. The summed E-state index contributed by atoms with van der Waals surface area (Å²) in [6, 6.07) is 13.1. The molecule has 0 aromatic heterocycles. The Labute approximate surface area is 141 Å². The number of amides is 2. The number of methoxy groups -OCH3 is 1. The first-order valence-corrected chi connectivity index (χ1v) is 7.88. The number of para-hydroxylation sites is 1. The van der Waals surface area contributed by atoms with Gasteiger partial charge in [0.1, 0.15) is 5.75 Å². The maximum Gasteiger partial charge on any atom is 0.262 e. The summed E-state index contributed by atoms with van der Waals surface area (Å²) >= 11 is 0. The Kier molecular flexibility index (Phi) is 4.25. The summed E-state index contributed by atoms with van der Waals surface area (Å²) < 4.78 is 5.35. The van der Waals surface area contributed by atoms with Gasteiger partial charge >= 0.3 is 0 Å². The third kappa shape index (κ3) is 2.85. The van der Waals surface area contributed by atoms with Gasteiger partial charge in [0.05, 0.1) is 12.7 Å². The van der Waals surface area contributed by atoms with Gasteiger partial charge in [0, 0.05) is 24.3 Å². The number of benzene rings is 2.